The van der Waals surface area contributed by atoms with Gasteiger partial charge in [-0.3, -0.25) is 4.79 Å². The molecule has 0 saturated heterocycles. The zero-order valence-electron chi connectivity index (χ0n) is 18.7. The van der Waals surface area contributed by atoms with E-state index in [0.29, 0.717) is 6.42 Å². The van der Waals surface area contributed by atoms with Gasteiger partial charge in [-0.25, -0.2) is 0 Å². The molecule has 28 heavy (non-hydrogen) atoms. The van der Waals surface area contributed by atoms with Gasteiger partial charge in [-0.15, -0.1) is 0 Å². The molecular weight excluding hydrogens is 348 g/mol. The Balaban J connectivity index is 3.14. The Labute approximate surface area is 175 Å². The van der Waals surface area contributed by atoms with Gasteiger partial charge >= 0.3 is 5.97 Å². The van der Waals surface area contributed by atoms with Gasteiger partial charge in [-0.05, 0) is 32.1 Å². The quantitative estimate of drug-likeness (QED) is 0.145. The summed E-state index contributed by atoms with van der Waals surface area (Å²) in [7, 11) is 0. The van der Waals surface area contributed by atoms with Crippen LogP contribution in [-0.4, -0.2) is 22.3 Å². The Bertz CT molecular complexity index is 352. The molecule has 3 heteroatoms. The van der Waals surface area contributed by atoms with Crippen LogP contribution in [0.15, 0.2) is 12.2 Å². The van der Waals surface area contributed by atoms with Gasteiger partial charge in [0.25, 0.3) is 0 Å². The van der Waals surface area contributed by atoms with E-state index in [1.54, 1.807) is 0 Å². The summed E-state index contributed by atoms with van der Waals surface area (Å²) in [4.78, 5) is 10.4. The van der Waals surface area contributed by atoms with Crippen molar-refractivity contribution in [1.29, 1.82) is 0 Å². The minimum atomic E-state index is -0.664. The van der Waals surface area contributed by atoms with Crippen LogP contribution in [0.2, 0.25) is 0 Å². The lowest BCUT2D eigenvalue weighted by Gasteiger charge is -2.08. The largest absolute Gasteiger partial charge is 0.481 e. The number of carboxylic acids is 1. The fourth-order valence-electron chi connectivity index (χ4n) is 3.61. The number of carbonyl (C=O) groups is 1. The topological polar surface area (TPSA) is 57.5 Å². The smallest absolute Gasteiger partial charge is 0.303 e. The molecule has 0 spiro atoms. The summed E-state index contributed by atoms with van der Waals surface area (Å²) in [6.45, 7) is 2.19. The van der Waals surface area contributed by atoms with Crippen LogP contribution in [0.1, 0.15) is 135 Å². The number of aliphatic hydroxyl groups excluding tert-OH is 1. The molecular formula is C25H48O3. The second-order valence-electron chi connectivity index (χ2n) is 8.37. The van der Waals surface area contributed by atoms with E-state index in [-0.39, 0.29) is 6.10 Å². The van der Waals surface area contributed by atoms with E-state index in [1.165, 1.54) is 83.5 Å². The second-order valence-corrected chi connectivity index (χ2v) is 8.37. The number of carboxylic acid groups (broad SMARTS) is 1. The summed E-state index contributed by atoms with van der Waals surface area (Å²) in [6.07, 6.45) is 27.5. The molecule has 0 bridgehead atoms. The standard InChI is InChI=1S/C25H48O3/c1-2-3-4-15-18-21-24(26)22-19-16-13-11-9-7-5-6-8-10-12-14-17-20-23-25(27)28/h4,15,24,26H,2-3,5-14,16-23H2,1H3,(H,27,28)/b15-4-/t24-/m0/s1. The Kier molecular flexibility index (Phi) is 21.8. The molecule has 0 aromatic rings. The molecule has 0 aromatic heterocycles. The van der Waals surface area contributed by atoms with Crippen molar-refractivity contribution >= 4 is 5.97 Å². The zero-order valence-corrected chi connectivity index (χ0v) is 18.7. The van der Waals surface area contributed by atoms with Crippen molar-refractivity contribution in [2.24, 2.45) is 0 Å². The first kappa shape index (κ1) is 27.2. The van der Waals surface area contributed by atoms with Gasteiger partial charge in [0.1, 0.15) is 0 Å². The lowest BCUT2D eigenvalue weighted by molar-refractivity contribution is -0.137. The number of hydrogen-bond donors (Lipinski definition) is 2. The van der Waals surface area contributed by atoms with Crippen LogP contribution in [-0.2, 0) is 4.79 Å². The molecule has 3 nitrogen and oxygen atoms in total. The first-order chi connectivity index (χ1) is 13.7. The molecule has 0 aliphatic rings. The van der Waals surface area contributed by atoms with Crippen molar-refractivity contribution in [3.05, 3.63) is 12.2 Å². The van der Waals surface area contributed by atoms with Crippen LogP contribution >= 0.6 is 0 Å². The van der Waals surface area contributed by atoms with Crippen molar-refractivity contribution in [2.75, 3.05) is 0 Å². The summed E-state index contributed by atoms with van der Waals surface area (Å²) in [5.41, 5.74) is 0. The molecule has 0 radical (unpaired) electrons. The van der Waals surface area contributed by atoms with Crippen LogP contribution in [0.3, 0.4) is 0 Å². The van der Waals surface area contributed by atoms with Crippen LogP contribution < -0.4 is 0 Å². The van der Waals surface area contributed by atoms with E-state index in [0.717, 1.165) is 38.5 Å². The highest BCUT2D eigenvalue weighted by Crippen LogP contribution is 2.15. The first-order valence-corrected chi connectivity index (χ1v) is 12.2. The predicted octanol–water partition coefficient (Wildman–Crippen LogP) is 7.81. The van der Waals surface area contributed by atoms with Crippen molar-refractivity contribution < 1.29 is 15.0 Å². The number of aliphatic carboxylic acids is 1. The fourth-order valence-corrected chi connectivity index (χ4v) is 3.61. The van der Waals surface area contributed by atoms with Crippen molar-refractivity contribution in [3.63, 3.8) is 0 Å². The molecule has 166 valence electrons. The maximum Gasteiger partial charge on any atom is 0.303 e. The first-order valence-electron chi connectivity index (χ1n) is 12.2. The van der Waals surface area contributed by atoms with Crippen molar-refractivity contribution in [2.45, 2.75) is 141 Å². The average molecular weight is 397 g/mol. The normalized spacial score (nSPS) is 12.6. The van der Waals surface area contributed by atoms with Crippen LogP contribution in [0.5, 0.6) is 0 Å². The van der Waals surface area contributed by atoms with Gasteiger partial charge in [-0.1, -0.05) is 109 Å². The van der Waals surface area contributed by atoms with Crippen LogP contribution in [0.4, 0.5) is 0 Å². The zero-order chi connectivity index (χ0) is 20.7. The minimum absolute atomic E-state index is 0.108. The number of aliphatic hydroxyl groups is 1. The Morgan fingerprint density at radius 3 is 1.57 bits per heavy atom. The van der Waals surface area contributed by atoms with E-state index in [1.807, 2.05) is 0 Å². The van der Waals surface area contributed by atoms with Crippen LogP contribution in [0.25, 0.3) is 0 Å². The van der Waals surface area contributed by atoms with Crippen LogP contribution in [0, 0.1) is 0 Å². The molecule has 1 atom stereocenters. The third-order valence-corrected chi connectivity index (χ3v) is 5.47. The van der Waals surface area contributed by atoms with Gasteiger partial charge in [0.2, 0.25) is 0 Å². The lowest BCUT2D eigenvalue weighted by atomic mass is 10.0. The lowest BCUT2D eigenvalue weighted by Crippen LogP contribution is -2.05. The molecule has 0 aliphatic carbocycles. The molecule has 0 heterocycles. The summed E-state index contributed by atoms with van der Waals surface area (Å²) in [5.74, 6) is -0.664. The van der Waals surface area contributed by atoms with E-state index in [4.69, 9.17) is 5.11 Å². The van der Waals surface area contributed by atoms with E-state index < -0.39 is 5.97 Å². The van der Waals surface area contributed by atoms with E-state index in [9.17, 15) is 9.90 Å². The molecule has 0 aromatic carbocycles. The van der Waals surface area contributed by atoms with E-state index in [2.05, 4.69) is 19.1 Å². The van der Waals surface area contributed by atoms with Crippen molar-refractivity contribution in [1.82, 2.24) is 0 Å². The highest BCUT2D eigenvalue weighted by atomic mass is 16.4. The highest BCUT2D eigenvalue weighted by Gasteiger charge is 2.02. The molecule has 0 unspecified atom stereocenters. The highest BCUT2D eigenvalue weighted by molar-refractivity contribution is 5.66. The number of rotatable bonds is 22. The molecule has 0 amide bonds. The predicted molar refractivity (Wildman–Crippen MR) is 121 cm³/mol. The molecule has 0 fully saturated rings. The van der Waals surface area contributed by atoms with Gasteiger partial charge < -0.3 is 10.2 Å². The molecule has 0 aliphatic heterocycles. The summed E-state index contributed by atoms with van der Waals surface area (Å²) in [5, 5.41) is 18.6. The monoisotopic (exact) mass is 396 g/mol. The third-order valence-electron chi connectivity index (χ3n) is 5.47. The summed E-state index contributed by atoms with van der Waals surface area (Å²) >= 11 is 0. The number of allylic oxidation sites excluding steroid dienone is 2. The second kappa shape index (κ2) is 22.5. The maximum absolute atomic E-state index is 10.4. The average Bonchev–Trinajstić information content (AvgIpc) is 2.67. The SMILES string of the molecule is CCC/C=C\CC[C@H](O)CCCCCCCCCCCCCCCCC(=O)O. The molecule has 2 N–H and O–H groups in total. The van der Waals surface area contributed by atoms with Gasteiger partial charge in [0.05, 0.1) is 6.10 Å². The Morgan fingerprint density at radius 2 is 1.11 bits per heavy atom. The van der Waals surface area contributed by atoms with Gasteiger partial charge in [0, 0.05) is 6.42 Å². The number of unbranched alkanes of at least 4 members (excludes halogenated alkanes) is 14. The third kappa shape index (κ3) is 23.2. The Hall–Kier alpha value is -0.830. The summed E-state index contributed by atoms with van der Waals surface area (Å²) in [6, 6.07) is 0. The minimum Gasteiger partial charge on any atom is -0.481 e. The molecule has 0 saturated carbocycles. The maximum atomic E-state index is 10.4. The fraction of sp³-hybridized carbons (Fsp3) is 0.880. The van der Waals surface area contributed by atoms with Gasteiger partial charge in [-0.2, -0.15) is 0 Å². The van der Waals surface area contributed by atoms with E-state index >= 15 is 0 Å². The van der Waals surface area contributed by atoms with Gasteiger partial charge in [0.15, 0.2) is 0 Å². The van der Waals surface area contributed by atoms with Crippen molar-refractivity contribution in [3.8, 4) is 0 Å². The molecule has 0 rings (SSSR count). The number of hydrogen-bond acceptors (Lipinski definition) is 2. The Morgan fingerprint density at radius 1 is 0.679 bits per heavy atom. The summed E-state index contributed by atoms with van der Waals surface area (Å²) < 4.78 is 0.